The highest BCUT2D eigenvalue weighted by Gasteiger charge is 2.17. The summed E-state index contributed by atoms with van der Waals surface area (Å²) in [7, 11) is 0. The Balaban J connectivity index is 1.65. The lowest BCUT2D eigenvalue weighted by Crippen LogP contribution is -2.23. The first-order valence-corrected chi connectivity index (χ1v) is 11.5. The minimum atomic E-state index is -0.374. The lowest BCUT2D eigenvalue weighted by Gasteiger charge is -2.14. The van der Waals surface area contributed by atoms with Crippen LogP contribution in [0.25, 0.3) is 15.9 Å². The molecule has 2 aromatic heterocycles. The molecule has 4 rings (SSSR count). The van der Waals surface area contributed by atoms with E-state index >= 15 is 0 Å². The molecule has 1 N–H and O–H groups in total. The first-order chi connectivity index (χ1) is 14.8. The maximum atomic E-state index is 13.6. The fraction of sp³-hybridized carbons (Fsp3) is 0.174. The van der Waals surface area contributed by atoms with Gasteiger partial charge < -0.3 is 5.32 Å². The monoisotopic (exact) mass is 453 g/mol. The molecule has 0 fully saturated rings. The molecule has 0 spiro atoms. The van der Waals surface area contributed by atoms with Crippen LogP contribution in [-0.4, -0.2) is 21.2 Å². The molecule has 4 aromatic rings. The number of rotatable bonds is 5. The number of aryl methyl sites for hydroxylation is 3. The van der Waals surface area contributed by atoms with Gasteiger partial charge in [0.05, 0.1) is 17.0 Å². The van der Waals surface area contributed by atoms with Crippen LogP contribution in [0.15, 0.2) is 57.8 Å². The van der Waals surface area contributed by atoms with Crippen molar-refractivity contribution in [2.24, 2.45) is 0 Å². The Morgan fingerprint density at radius 2 is 1.90 bits per heavy atom. The Kier molecular flexibility index (Phi) is 5.93. The molecule has 0 bridgehead atoms. The first kappa shape index (κ1) is 21.3. The number of fused-ring (bicyclic) bond motifs is 1. The van der Waals surface area contributed by atoms with E-state index in [-0.39, 0.29) is 23.0 Å². The van der Waals surface area contributed by atoms with Crippen molar-refractivity contribution < 1.29 is 9.18 Å². The summed E-state index contributed by atoms with van der Waals surface area (Å²) in [4.78, 5) is 30.3. The van der Waals surface area contributed by atoms with Crippen LogP contribution in [0, 0.1) is 26.6 Å². The lowest BCUT2D eigenvalue weighted by atomic mass is 10.1. The number of amides is 1. The molecule has 0 aliphatic carbocycles. The first-order valence-electron chi connectivity index (χ1n) is 9.60. The van der Waals surface area contributed by atoms with Gasteiger partial charge in [0.2, 0.25) is 5.91 Å². The fourth-order valence-corrected chi connectivity index (χ4v) is 4.78. The highest BCUT2D eigenvalue weighted by atomic mass is 32.2. The highest BCUT2D eigenvalue weighted by molar-refractivity contribution is 7.99. The number of thiophene rings is 1. The van der Waals surface area contributed by atoms with Crippen LogP contribution >= 0.6 is 23.1 Å². The van der Waals surface area contributed by atoms with Crippen LogP contribution in [0.5, 0.6) is 0 Å². The molecule has 2 heterocycles. The second-order valence-corrected chi connectivity index (χ2v) is 9.10. The summed E-state index contributed by atoms with van der Waals surface area (Å²) < 4.78 is 15.6. The van der Waals surface area contributed by atoms with Gasteiger partial charge in [-0.1, -0.05) is 17.8 Å². The van der Waals surface area contributed by atoms with Crippen molar-refractivity contribution in [2.75, 3.05) is 11.1 Å². The van der Waals surface area contributed by atoms with Gasteiger partial charge in [-0.3, -0.25) is 14.2 Å². The zero-order valence-corrected chi connectivity index (χ0v) is 18.9. The number of carbonyl (C=O) groups excluding carboxylic acids is 1. The molecule has 1 amide bonds. The number of halogens is 1. The highest BCUT2D eigenvalue weighted by Crippen LogP contribution is 2.25. The topological polar surface area (TPSA) is 64.0 Å². The van der Waals surface area contributed by atoms with Crippen molar-refractivity contribution in [3.05, 3.63) is 80.7 Å². The van der Waals surface area contributed by atoms with Gasteiger partial charge in [0.15, 0.2) is 5.16 Å². The summed E-state index contributed by atoms with van der Waals surface area (Å²) in [6.07, 6.45) is 0. The van der Waals surface area contributed by atoms with E-state index in [1.54, 1.807) is 19.1 Å². The Bertz CT molecular complexity index is 1360. The standard InChI is InChI=1S/C23H20FN3O2S2/c1-13-4-6-17(11-14(13)2)25-20(28)12-31-23-26-18-8-9-30-21(18)22(29)27(23)19-7-5-16(24)10-15(19)3/h4-11H,12H2,1-3H3,(H,25,28). The SMILES string of the molecule is Cc1ccc(NC(=O)CSc2nc3ccsc3c(=O)n2-c2ccc(F)cc2C)cc1C. The number of nitrogens with one attached hydrogen (secondary N) is 1. The van der Waals surface area contributed by atoms with E-state index in [1.165, 1.54) is 39.8 Å². The van der Waals surface area contributed by atoms with Gasteiger partial charge in [0, 0.05) is 5.69 Å². The molecule has 0 radical (unpaired) electrons. The minimum Gasteiger partial charge on any atom is -0.325 e. The van der Waals surface area contributed by atoms with Gasteiger partial charge in [-0.25, -0.2) is 9.37 Å². The van der Waals surface area contributed by atoms with Gasteiger partial charge in [-0.2, -0.15) is 0 Å². The maximum Gasteiger partial charge on any atom is 0.276 e. The fourth-order valence-electron chi connectivity index (χ4n) is 3.22. The van der Waals surface area contributed by atoms with E-state index in [4.69, 9.17) is 0 Å². The van der Waals surface area contributed by atoms with E-state index in [2.05, 4.69) is 10.3 Å². The molecule has 0 saturated heterocycles. The second-order valence-electron chi connectivity index (χ2n) is 7.24. The number of thioether (sulfide) groups is 1. The zero-order valence-electron chi connectivity index (χ0n) is 17.2. The maximum absolute atomic E-state index is 13.6. The van der Waals surface area contributed by atoms with Crippen LogP contribution < -0.4 is 10.9 Å². The van der Waals surface area contributed by atoms with Crippen LogP contribution in [-0.2, 0) is 4.79 Å². The normalized spacial score (nSPS) is 11.1. The van der Waals surface area contributed by atoms with Crippen molar-refractivity contribution in [3.63, 3.8) is 0 Å². The molecule has 2 aromatic carbocycles. The second kappa shape index (κ2) is 8.64. The van der Waals surface area contributed by atoms with Crippen molar-refractivity contribution in [1.29, 1.82) is 0 Å². The third kappa shape index (κ3) is 4.40. The van der Waals surface area contributed by atoms with Crippen LogP contribution in [0.2, 0.25) is 0 Å². The number of hydrogen-bond acceptors (Lipinski definition) is 5. The Morgan fingerprint density at radius 1 is 1.10 bits per heavy atom. The number of hydrogen-bond donors (Lipinski definition) is 1. The van der Waals surface area contributed by atoms with Crippen molar-refractivity contribution in [2.45, 2.75) is 25.9 Å². The average molecular weight is 454 g/mol. The average Bonchev–Trinajstić information content (AvgIpc) is 3.19. The van der Waals surface area contributed by atoms with E-state index in [0.717, 1.165) is 16.8 Å². The molecule has 158 valence electrons. The summed E-state index contributed by atoms with van der Waals surface area (Å²) in [6.45, 7) is 5.74. The van der Waals surface area contributed by atoms with Gasteiger partial charge >= 0.3 is 0 Å². The molecule has 8 heteroatoms. The summed E-state index contributed by atoms with van der Waals surface area (Å²) in [5, 5.41) is 5.08. The number of benzene rings is 2. The predicted molar refractivity (Wildman–Crippen MR) is 125 cm³/mol. The number of nitrogens with zero attached hydrogens (tertiary/aromatic N) is 2. The van der Waals surface area contributed by atoms with E-state index in [0.29, 0.717) is 26.6 Å². The van der Waals surface area contributed by atoms with E-state index in [1.807, 2.05) is 37.4 Å². The number of anilines is 1. The third-order valence-corrected chi connectivity index (χ3v) is 6.80. The lowest BCUT2D eigenvalue weighted by molar-refractivity contribution is -0.113. The van der Waals surface area contributed by atoms with Gasteiger partial charge in [-0.05, 0) is 79.2 Å². The smallest absolute Gasteiger partial charge is 0.276 e. The van der Waals surface area contributed by atoms with Crippen LogP contribution in [0.1, 0.15) is 16.7 Å². The summed E-state index contributed by atoms with van der Waals surface area (Å²) in [5.41, 5.74) is 4.49. The molecule has 0 aliphatic heterocycles. The minimum absolute atomic E-state index is 0.0786. The molecule has 0 atom stereocenters. The predicted octanol–water partition coefficient (Wildman–Crippen LogP) is 5.24. The van der Waals surface area contributed by atoms with Crippen LogP contribution in [0.3, 0.4) is 0 Å². The van der Waals surface area contributed by atoms with Crippen molar-refractivity contribution in [1.82, 2.24) is 9.55 Å². The molecular weight excluding hydrogens is 433 g/mol. The quantitative estimate of drug-likeness (QED) is 0.331. The van der Waals surface area contributed by atoms with Gasteiger partial charge in [0.25, 0.3) is 5.56 Å². The third-order valence-electron chi connectivity index (χ3n) is 4.97. The van der Waals surface area contributed by atoms with Crippen molar-refractivity contribution in [3.8, 4) is 5.69 Å². The van der Waals surface area contributed by atoms with Gasteiger partial charge in [-0.15, -0.1) is 11.3 Å². The molecule has 5 nitrogen and oxygen atoms in total. The largest absolute Gasteiger partial charge is 0.325 e. The molecule has 0 unspecified atom stereocenters. The number of aromatic nitrogens is 2. The molecule has 0 saturated carbocycles. The Morgan fingerprint density at radius 3 is 2.65 bits per heavy atom. The molecule has 31 heavy (non-hydrogen) atoms. The Labute approximate surface area is 187 Å². The van der Waals surface area contributed by atoms with E-state index < -0.39 is 0 Å². The van der Waals surface area contributed by atoms with E-state index in [9.17, 15) is 14.0 Å². The zero-order chi connectivity index (χ0) is 22.1. The van der Waals surface area contributed by atoms with Crippen molar-refractivity contribution >= 4 is 44.9 Å². The Hall–Kier alpha value is -2.97. The summed E-state index contributed by atoms with van der Waals surface area (Å²) in [5.74, 6) is -0.494. The van der Waals surface area contributed by atoms with Crippen LogP contribution in [0.4, 0.5) is 10.1 Å². The summed E-state index contributed by atoms with van der Waals surface area (Å²) in [6, 6.07) is 11.8. The van der Waals surface area contributed by atoms with Gasteiger partial charge in [0.1, 0.15) is 10.5 Å². The molecular formula is C23H20FN3O2S2. The number of carbonyl (C=O) groups is 1. The molecule has 0 aliphatic rings. The summed E-state index contributed by atoms with van der Waals surface area (Å²) >= 11 is 2.48.